The van der Waals surface area contributed by atoms with Crippen molar-refractivity contribution >= 4 is 0 Å². The van der Waals surface area contributed by atoms with E-state index in [0.717, 1.165) is 30.8 Å². The lowest BCUT2D eigenvalue weighted by molar-refractivity contribution is -0.0768. The van der Waals surface area contributed by atoms with E-state index >= 15 is 0 Å². The molecule has 94 valence electrons. The number of ether oxygens (including phenoxy) is 2. The Balaban J connectivity index is 2.04. The average molecular weight is 236 g/mol. The quantitative estimate of drug-likeness (QED) is 0.870. The maximum Gasteiger partial charge on any atom is 0.119 e. The predicted octanol–water partition coefficient (Wildman–Crippen LogP) is 2.17. The number of aliphatic hydroxyl groups is 1. The second-order valence-electron chi connectivity index (χ2n) is 4.84. The minimum atomic E-state index is -0.461. The summed E-state index contributed by atoms with van der Waals surface area (Å²) in [7, 11) is 1.65. The molecule has 1 aliphatic rings. The largest absolute Gasteiger partial charge is 0.497 e. The Kier molecular flexibility index (Phi) is 3.69. The molecular formula is C14H20O3. The number of hydrogen-bond donors (Lipinski definition) is 1. The van der Waals surface area contributed by atoms with Gasteiger partial charge in [0, 0.05) is 13.0 Å². The Morgan fingerprint density at radius 1 is 1.53 bits per heavy atom. The van der Waals surface area contributed by atoms with Crippen molar-refractivity contribution in [3.05, 3.63) is 29.8 Å². The average Bonchev–Trinajstić information content (AvgIpc) is 2.78. The van der Waals surface area contributed by atoms with Crippen molar-refractivity contribution in [2.24, 2.45) is 0 Å². The molecule has 0 saturated carbocycles. The van der Waals surface area contributed by atoms with E-state index in [4.69, 9.17) is 9.47 Å². The fourth-order valence-corrected chi connectivity index (χ4v) is 2.30. The van der Waals surface area contributed by atoms with Gasteiger partial charge in [-0.15, -0.1) is 0 Å². The summed E-state index contributed by atoms with van der Waals surface area (Å²) in [5, 5.41) is 10.3. The van der Waals surface area contributed by atoms with Crippen LogP contribution in [-0.4, -0.2) is 30.5 Å². The number of methoxy groups -OCH3 is 1. The molecule has 1 fully saturated rings. The zero-order valence-corrected chi connectivity index (χ0v) is 10.5. The van der Waals surface area contributed by atoms with E-state index in [-0.39, 0.29) is 5.60 Å². The van der Waals surface area contributed by atoms with Crippen molar-refractivity contribution in [2.75, 3.05) is 13.7 Å². The second kappa shape index (κ2) is 5.07. The molecule has 0 radical (unpaired) electrons. The minimum absolute atomic E-state index is 0.386. The van der Waals surface area contributed by atoms with Gasteiger partial charge in [0.2, 0.25) is 0 Å². The minimum Gasteiger partial charge on any atom is -0.497 e. The molecule has 0 amide bonds. The summed E-state index contributed by atoms with van der Waals surface area (Å²) in [6.45, 7) is 2.75. The Hall–Kier alpha value is -1.06. The molecular weight excluding hydrogens is 216 g/mol. The Bertz CT molecular complexity index is 369. The van der Waals surface area contributed by atoms with E-state index < -0.39 is 6.10 Å². The number of rotatable bonds is 4. The van der Waals surface area contributed by atoms with Crippen LogP contribution >= 0.6 is 0 Å². The molecule has 1 saturated heterocycles. The molecule has 1 heterocycles. The monoisotopic (exact) mass is 236 g/mol. The van der Waals surface area contributed by atoms with Gasteiger partial charge in [0.1, 0.15) is 5.75 Å². The molecule has 0 aliphatic carbocycles. The lowest BCUT2D eigenvalue weighted by atomic mass is 9.91. The van der Waals surface area contributed by atoms with Crippen LogP contribution in [-0.2, 0) is 11.2 Å². The van der Waals surface area contributed by atoms with Crippen LogP contribution in [0.2, 0.25) is 0 Å². The summed E-state index contributed by atoms with van der Waals surface area (Å²) in [4.78, 5) is 0. The zero-order valence-electron chi connectivity index (χ0n) is 10.5. The molecule has 1 aliphatic heterocycles. The van der Waals surface area contributed by atoms with Gasteiger partial charge in [-0.2, -0.15) is 0 Å². The highest BCUT2D eigenvalue weighted by Crippen LogP contribution is 2.30. The Morgan fingerprint density at radius 2 is 2.35 bits per heavy atom. The summed E-state index contributed by atoms with van der Waals surface area (Å²) in [6, 6.07) is 7.81. The SMILES string of the molecule is COc1cccc(CC(O)C2(C)CCCO2)c1. The van der Waals surface area contributed by atoms with E-state index in [9.17, 15) is 5.11 Å². The topological polar surface area (TPSA) is 38.7 Å². The van der Waals surface area contributed by atoms with Crippen LogP contribution in [0.15, 0.2) is 24.3 Å². The van der Waals surface area contributed by atoms with Gasteiger partial charge >= 0.3 is 0 Å². The van der Waals surface area contributed by atoms with Gasteiger partial charge in [-0.05, 0) is 37.5 Å². The lowest BCUT2D eigenvalue weighted by Gasteiger charge is -2.29. The van der Waals surface area contributed by atoms with E-state index in [2.05, 4.69) is 0 Å². The standard InChI is InChI=1S/C14H20O3/c1-14(7-4-8-17-14)13(15)10-11-5-3-6-12(9-11)16-2/h3,5-6,9,13,15H,4,7-8,10H2,1-2H3. The van der Waals surface area contributed by atoms with Crippen LogP contribution in [0.5, 0.6) is 5.75 Å². The highest BCUT2D eigenvalue weighted by atomic mass is 16.5. The molecule has 1 aromatic rings. The first-order chi connectivity index (χ1) is 8.14. The van der Waals surface area contributed by atoms with Crippen molar-refractivity contribution in [3.8, 4) is 5.75 Å². The van der Waals surface area contributed by atoms with Gasteiger partial charge in [0.05, 0.1) is 18.8 Å². The number of hydrogen-bond acceptors (Lipinski definition) is 3. The third-order valence-electron chi connectivity index (χ3n) is 3.52. The molecule has 3 nitrogen and oxygen atoms in total. The summed E-state index contributed by atoms with van der Waals surface area (Å²) >= 11 is 0. The van der Waals surface area contributed by atoms with Gasteiger partial charge in [-0.25, -0.2) is 0 Å². The van der Waals surface area contributed by atoms with Gasteiger partial charge in [0.15, 0.2) is 0 Å². The van der Waals surface area contributed by atoms with Crippen molar-refractivity contribution in [1.29, 1.82) is 0 Å². The predicted molar refractivity (Wildman–Crippen MR) is 66.3 cm³/mol. The van der Waals surface area contributed by atoms with Crippen LogP contribution in [0.1, 0.15) is 25.3 Å². The first-order valence-corrected chi connectivity index (χ1v) is 6.09. The molecule has 2 atom stereocenters. The normalized spacial score (nSPS) is 25.8. The third kappa shape index (κ3) is 2.79. The van der Waals surface area contributed by atoms with Crippen molar-refractivity contribution in [2.45, 2.75) is 37.9 Å². The van der Waals surface area contributed by atoms with Gasteiger partial charge in [-0.3, -0.25) is 0 Å². The maximum atomic E-state index is 10.3. The molecule has 0 bridgehead atoms. The maximum absolute atomic E-state index is 10.3. The molecule has 2 unspecified atom stereocenters. The van der Waals surface area contributed by atoms with Gasteiger partial charge in [0.25, 0.3) is 0 Å². The smallest absolute Gasteiger partial charge is 0.119 e. The molecule has 0 spiro atoms. The van der Waals surface area contributed by atoms with Crippen LogP contribution in [0, 0.1) is 0 Å². The van der Waals surface area contributed by atoms with Gasteiger partial charge < -0.3 is 14.6 Å². The Labute approximate surface area is 102 Å². The van der Waals surface area contributed by atoms with E-state index in [0.29, 0.717) is 6.42 Å². The van der Waals surface area contributed by atoms with Crippen molar-refractivity contribution < 1.29 is 14.6 Å². The zero-order chi connectivity index (χ0) is 12.3. The van der Waals surface area contributed by atoms with Gasteiger partial charge in [-0.1, -0.05) is 12.1 Å². The van der Waals surface area contributed by atoms with E-state index in [1.807, 2.05) is 31.2 Å². The Morgan fingerprint density at radius 3 is 3.00 bits per heavy atom. The molecule has 0 aromatic heterocycles. The van der Waals surface area contributed by atoms with Crippen LogP contribution < -0.4 is 4.74 Å². The molecule has 3 heteroatoms. The van der Waals surface area contributed by atoms with E-state index in [1.165, 1.54) is 0 Å². The number of aliphatic hydroxyl groups excluding tert-OH is 1. The molecule has 17 heavy (non-hydrogen) atoms. The number of benzene rings is 1. The van der Waals surface area contributed by atoms with Crippen molar-refractivity contribution in [1.82, 2.24) is 0 Å². The third-order valence-corrected chi connectivity index (χ3v) is 3.52. The molecule has 1 aromatic carbocycles. The van der Waals surface area contributed by atoms with Crippen LogP contribution in [0.4, 0.5) is 0 Å². The van der Waals surface area contributed by atoms with E-state index in [1.54, 1.807) is 7.11 Å². The molecule has 1 N–H and O–H groups in total. The summed E-state index contributed by atoms with van der Waals surface area (Å²) < 4.78 is 10.8. The molecule has 2 rings (SSSR count). The lowest BCUT2D eigenvalue weighted by Crippen LogP contribution is -2.40. The van der Waals surface area contributed by atoms with Crippen LogP contribution in [0.3, 0.4) is 0 Å². The highest BCUT2D eigenvalue weighted by Gasteiger charge is 2.37. The summed E-state index contributed by atoms with van der Waals surface area (Å²) in [6.07, 6.45) is 2.11. The van der Waals surface area contributed by atoms with Crippen molar-refractivity contribution in [3.63, 3.8) is 0 Å². The summed E-state index contributed by atoms with van der Waals surface area (Å²) in [5.74, 6) is 0.826. The fourth-order valence-electron chi connectivity index (χ4n) is 2.30. The summed E-state index contributed by atoms with van der Waals surface area (Å²) in [5.41, 5.74) is 0.692. The first kappa shape index (κ1) is 12.4. The first-order valence-electron chi connectivity index (χ1n) is 6.09. The van der Waals surface area contributed by atoms with Crippen LogP contribution in [0.25, 0.3) is 0 Å². The fraction of sp³-hybridized carbons (Fsp3) is 0.571. The second-order valence-corrected chi connectivity index (χ2v) is 4.84. The highest BCUT2D eigenvalue weighted by molar-refractivity contribution is 5.29.